The summed E-state index contributed by atoms with van der Waals surface area (Å²) in [6.45, 7) is 2.01. The van der Waals surface area contributed by atoms with Crippen LogP contribution in [0.4, 0.5) is 0 Å². The summed E-state index contributed by atoms with van der Waals surface area (Å²) in [6, 6.07) is 5.74. The minimum atomic E-state index is 0.264. The van der Waals surface area contributed by atoms with E-state index in [-0.39, 0.29) is 5.78 Å². The number of hydrogen-bond donors (Lipinski definition) is 0. The van der Waals surface area contributed by atoms with Crippen molar-refractivity contribution in [3.8, 4) is 0 Å². The maximum atomic E-state index is 11.4. The zero-order valence-electron chi connectivity index (χ0n) is 9.09. The van der Waals surface area contributed by atoms with Crippen LogP contribution in [0.2, 0.25) is 0 Å². The Morgan fingerprint density at radius 1 is 1.44 bits per heavy atom. The van der Waals surface area contributed by atoms with Crippen molar-refractivity contribution in [1.29, 1.82) is 0 Å². The average Bonchev–Trinajstić information content (AvgIpc) is 2.70. The van der Waals surface area contributed by atoms with Crippen LogP contribution < -0.4 is 0 Å². The Hall–Kier alpha value is -1.36. The first-order valence-corrected chi connectivity index (χ1v) is 6.24. The van der Waals surface area contributed by atoms with Gasteiger partial charge in [-0.05, 0) is 18.6 Å². The van der Waals surface area contributed by atoms with Crippen LogP contribution in [-0.4, -0.2) is 26.1 Å². The molecule has 0 fully saturated rings. The molecule has 0 spiro atoms. The molecule has 2 aromatic rings. The van der Waals surface area contributed by atoms with E-state index in [1.54, 1.807) is 0 Å². The number of ketones is 1. The number of thioether (sulfide) groups is 1. The van der Waals surface area contributed by atoms with E-state index in [0.29, 0.717) is 12.2 Å². The van der Waals surface area contributed by atoms with E-state index in [4.69, 9.17) is 0 Å². The summed E-state index contributed by atoms with van der Waals surface area (Å²) in [5.74, 6) is 0.740. The Kier molecular flexibility index (Phi) is 3.56. The number of fused-ring (bicyclic) bond motifs is 1. The Bertz CT molecular complexity index is 495. The lowest BCUT2D eigenvalue weighted by molar-refractivity contribution is -0.116. The number of carbonyl (C=O) groups excluding carboxylic acids is 1. The quantitative estimate of drug-likeness (QED) is 0.745. The molecule has 2 heterocycles. The van der Waals surface area contributed by atoms with Crippen molar-refractivity contribution in [2.24, 2.45) is 0 Å². The third-order valence-electron chi connectivity index (χ3n) is 2.17. The second-order valence-electron chi connectivity index (χ2n) is 3.49. The van der Waals surface area contributed by atoms with Gasteiger partial charge in [-0.2, -0.15) is 0 Å². The van der Waals surface area contributed by atoms with Gasteiger partial charge in [0.1, 0.15) is 5.78 Å². The Balaban J connectivity index is 2.07. The third-order valence-corrected chi connectivity index (χ3v) is 3.18. The van der Waals surface area contributed by atoms with Gasteiger partial charge in [-0.25, -0.2) is 0 Å². The van der Waals surface area contributed by atoms with Crippen LogP contribution in [0.5, 0.6) is 0 Å². The molecule has 0 aliphatic carbocycles. The van der Waals surface area contributed by atoms with Crippen molar-refractivity contribution in [2.45, 2.75) is 24.9 Å². The lowest BCUT2D eigenvalue weighted by Gasteiger charge is -1.98. The van der Waals surface area contributed by atoms with Crippen LogP contribution in [0, 0.1) is 0 Å². The van der Waals surface area contributed by atoms with Crippen molar-refractivity contribution in [1.82, 2.24) is 14.6 Å². The summed E-state index contributed by atoms with van der Waals surface area (Å²) in [5.41, 5.74) is 0.813. The fourth-order valence-corrected chi connectivity index (χ4v) is 2.24. The molecule has 0 radical (unpaired) electrons. The predicted molar refractivity (Wildman–Crippen MR) is 63.6 cm³/mol. The minimum absolute atomic E-state index is 0.264. The van der Waals surface area contributed by atoms with E-state index in [0.717, 1.165) is 17.2 Å². The normalized spacial score (nSPS) is 10.8. The smallest absolute Gasteiger partial charge is 0.196 e. The monoisotopic (exact) mass is 235 g/mol. The predicted octanol–water partition coefficient (Wildman–Crippen LogP) is 2.19. The summed E-state index contributed by atoms with van der Waals surface area (Å²) in [5, 5.41) is 8.85. The molecule has 0 amide bonds. The molecule has 2 rings (SSSR count). The molecule has 0 atom stereocenters. The summed E-state index contributed by atoms with van der Waals surface area (Å²) < 4.78 is 1.89. The maximum absolute atomic E-state index is 11.4. The Labute approximate surface area is 98.1 Å². The molecule has 0 N–H and O–H groups in total. The highest BCUT2D eigenvalue weighted by Crippen LogP contribution is 2.16. The number of hydrogen-bond acceptors (Lipinski definition) is 4. The van der Waals surface area contributed by atoms with Gasteiger partial charge >= 0.3 is 0 Å². The number of pyridine rings is 1. The van der Waals surface area contributed by atoms with Gasteiger partial charge < -0.3 is 0 Å². The fraction of sp³-hybridized carbons (Fsp3) is 0.364. The van der Waals surface area contributed by atoms with Gasteiger partial charge in [0.25, 0.3) is 0 Å². The first-order chi connectivity index (χ1) is 7.81. The first kappa shape index (κ1) is 11.1. The molecule has 5 heteroatoms. The number of nitrogens with zero attached hydrogens (tertiary/aromatic N) is 3. The van der Waals surface area contributed by atoms with Crippen LogP contribution in [0.15, 0.2) is 29.6 Å². The molecule has 0 aromatic carbocycles. The molecule has 2 aromatic heterocycles. The zero-order valence-corrected chi connectivity index (χ0v) is 9.91. The number of Topliss-reactive ketones (excluding diaryl/α,β-unsaturated/α-hetero) is 1. The molecule has 0 saturated carbocycles. The number of carbonyl (C=O) groups is 1. The summed E-state index contributed by atoms with van der Waals surface area (Å²) in [6.07, 6.45) is 3.45. The van der Waals surface area contributed by atoms with Crippen molar-refractivity contribution < 1.29 is 4.79 Å². The first-order valence-electron chi connectivity index (χ1n) is 5.25. The van der Waals surface area contributed by atoms with Gasteiger partial charge in [0.2, 0.25) is 0 Å². The second kappa shape index (κ2) is 5.12. The summed E-state index contributed by atoms with van der Waals surface area (Å²) >= 11 is 1.44. The molecule has 0 aliphatic rings. The van der Waals surface area contributed by atoms with Crippen LogP contribution >= 0.6 is 11.8 Å². The van der Waals surface area contributed by atoms with E-state index >= 15 is 0 Å². The summed E-state index contributed by atoms with van der Waals surface area (Å²) in [4.78, 5) is 11.4. The van der Waals surface area contributed by atoms with Crippen LogP contribution in [-0.2, 0) is 4.79 Å². The SMILES string of the molecule is CCCC(=O)CSc1nnc2ccccn12. The molecular formula is C11H13N3OS. The van der Waals surface area contributed by atoms with E-state index in [9.17, 15) is 4.79 Å². The van der Waals surface area contributed by atoms with Gasteiger partial charge in [0.15, 0.2) is 10.8 Å². The van der Waals surface area contributed by atoms with Gasteiger partial charge in [-0.3, -0.25) is 9.20 Å². The average molecular weight is 235 g/mol. The van der Waals surface area contributed by atoms with Gasteiger partial charge in [-0.15, -0.1) is 10.2 Å². The molecule has 0 bridgehead atoms. The fourth-order valence-electron chi connectivity index (χ4n) is 1.41. The Morgan fingerprint density at radius 3 is 3.12 bits per heavy atom. The standard InChI is InChI=1S/C11H13N3OS/c1-2-5-9(15)8-16-11-13-12-10-6-3-4-7-14(10)11/h3-4,6-7H,2,5,8H2,1H3. The number of rotatable bonds is 5. The minimum Gasteiger partial charge on any atom is -0.299 e. The largest absolute Gasteiger partial charge is 0.299 e. The molecular weight excluding hydrogens is 222 g/mol. The van der Waals surface area contributed by atoms with Crippen molar-refractivity contribution >= 4 is 23.2 Å². The van der Waals surface area contributed by atoms with Crippen molar-refractivity contribution in [2.75, 3.05) is 5.75 Å². The topological polar surface area (TPSA) is 47.3 Å². The second-order valence-corrected chi connectivity index (χ2v) is 4.43. The van der Waals surface area contributed by atoms with E-state index in [2.05, 4.69) is 10.2 Å². The maximum Gasteiger partial charge on any atom is 0.196 e. The lowest BCUT2D eigenvalue weighted by atomic mass is 10.3. The van der Waals surface area contributed by atoms with E-state index < -0.39 is 0 Å². The molecule has 0 aliphatic heterocycles. The molecule has 16 heavy (non-hydrogen) atoms. The van der Waals surface area contributed by atoms with E-state index in [1.807, 2.05) is 35.7 Å². The number of aromatic nitrogens is 3. The molecule has 0 unspecified atom stereocenters. The highest BCUT2D eigenvalue weighted by molar-refractivity contribution is 7.99. The van der Waals surface area contributed by atoms with Gasteiger partial charge in [0.05, 0.1) is 5.75 Å². The van der Waals surface area contributed by atoms with E-state index in [1.165, 1.54) is 11.8 Å². The third kappa shape index (κ3) is 2.41. The van der Waals surface area contributed by atoms with Gasteiger partial charge in [0, 0.05) is 12.6 Å². The molecule has 84 valence electrons. The molecule has 0 saturated heterocycles. The zero-order chi connectivity index (χ0) is 11.4. The summed E-state index contributed by atoms with van der Waals surface area (Å²) in [7, 11) is 0. The van der Waals surface area contributed by atoms with Crippen molar-refractivity contribution in [3.05, 3.63) is 24.4 Å². The Morgan fingerprint density at radius 2 is 2.31 bits per heavy atom. The van der Waals surface area contributed by atoms with Crippen LogP contribution in [0.25, 0.3) is 5.65 Å². The van der Waals surface area contributed by atoms with Crippen molar-refractivity contribution in [3.63, 3.8) is 0 Å². The highest BCUT2D eigenvalue weighted by Gasteiger charge is 2.07. The van der Waals surface area contributed by atoms with Crippen LogP contribution in [0.1, 0.15) is 19.8 Å². The van der Waals surface area contributed by atoms with Crippen LogP contribution in [0.3, 0.4) is 0 Å². The molecule has 4 nitrogen and oxygen atoms in total. The lowest BCUT2D eigenvalue weighted by Crippen LogP contribution is -2.01. The van der Waals surface area contributed by atoms with Gasteiger partial charge in [-0.1, -0.05) is 24.8 Å². The highest BCUT2D eigenvalue weighted by atomic mass is 32.2.